The molecule has 1 aliphatic rings. The second-order valence-corrected chi connectivity index (χ2v) is 7.96. The lowest BCUT2D eigenvalue weighted by molar-refractivity contribution is 0.102. The van der Waals surface area contributed by atoms with Gasteiger partial charge >= 0.3 is 0 Å². The molecule has 1 N–H and O–H groups in total. The van der Waals surface area contributed by atoms with Crippen molar-refractivity contribution < 1.29 is 9.59 Å². The summed E-state index contributed by atoms with van der Waals surface area (Å²) in [5.74, 6) is -0.194. The molecule has 3 aromatic heterocycles. The van der Waals surface area contributed by atoms with Crippen LogP contribution in [0.5, 0.6) is 0 Å². The predicted molar refractivity (Wildman–Crippen MR) is 101 cm³/mol. The molecule has 0 saturated carbocycles. The van der Waals surface area contributed by atoms with Gasteiger partial charge in [-0.2, -0.15) is 0 Å². The second-order valence-electron chi connectivity index (χ2n) is 5.91. The van der Waals surface area contributed by atoms with Gasteiger partial charge in [0.05, 0.1) is 10.4 Å². The Morgan fingerprint density at radius 2 is 1.88 bits per heavy atom. The summed E-state index contributed by atoms with van der Waals surface area (Å²) < 4.78 is 0. The number of carbonyl (C=O) groups is 2. The molecule has 3 aromatic rings. The monoisotopic (exact) mass is 368 g/mol. The van der Waals surface area contributed by atoms with Crippen molar-refractivity contribution in [1.82, 2.24) is 4.98 Å². The third kappa shape index (κ3) is 3.15. The van der Waals surface area contributed by atoms with Crippen molar-refractivity contribution in [2.45, 2.75) is 25.7 Å². The number of carbonyl (C=O) groups excluding carboxylic acids is 2. The highest BCUT2D eigenvalue weighted by molar-refractivity contribution is 7.17. The van der Waals surface area contributed by atoms with Gasteiger partial charge in [-0.05, 0) is 54.8 Å². The van der Waals surface area contributed by atoms with Crippen molar-refractivity contribution in [3.05, 3.63) is 68.5 Å². The molecule has 0 aromatic carbocycles. The lowest BCUT2D eigenvalue weighted by Gasteiger charge is -2.12. The van der Waals surface area contributed by atoms with Gasteiger partial charge < -0.3 is 5.32 Å². The molecule has 0 unspecified atom stereocenters. The van der Waals surface area contributed by atoms with Gasteiger partial charge in [-0.25, -0.2) is 0 Å². The van der Waals surface area contributed by atoms with Crippen LogP contribution >= 0.6 is 22.7 Å². The fraction of sp³-hybridized carbons (Fsp3) is 0.211. The van der Waals surface area contributed by atoms with E-state index in [2.05, 4.69) is 10.3 Å². The van der Waals surface area contributed by atoms with E-state index in [-0.39, 0.29) is 11.7 Å². The Hall–Kier alpha value is -2.31. The van der Waals surface area contributed by atoms with E-state index in [1.165, 1.54) is 16.2 Å². The van der Waals surface area contributed by atoms with E-state index in [0.717, 1.165) is 31.2 Å². The number of nitrogens with one attached hydrogen (secondary N) is 1. The SMILES string of the molecule is O=C(Nc1sc2c(c1C(=O)c1cccs1)CCCC2)c1ccncc1. The van der Waals surface area contributed by atoms with Crippen LogP contribution in [0.15, 0.2) is 42.0 Å². The number of nitrogens with zero attached hydrogens (tertiary/aromatic N) is 1. The van der Waals surface area contributed by atoms with Crippen molar-refractivity contribution in [1.29, 1.82) is 0 Å². The minimum atomic E-state index is -0.207. The second kappa shape index (κ2) is 6.90. The average molecular weight is 368 g/mol. The summed E-state index contributed by atoms with van der Waals surface area (Å²) in [6, 6.07) is 7.06. The number of pyridine rings is 1. The summed E-state index contributed by atoms with van der Waals surface area (Å²) in [7, 11) is 0. The Bertz CT molecular complexity index is 915. The quantitative estimate of drug-likeness (QED) is 0.687. The van der Waals surface area contributed by atoms with Crippen LogP contribution in [-0.2, 0) is 12.8 Å². The molecular formula is C19H16N2O2S2. The Morgan fingerprint density at radius 1 is 1.08 bits per heavy atom. The number of anilines is 1. The van der Waals surface area contributed by atoms with Crippen LogP contribution < -0.4 is 5.32 Å². The van der Waals surface area contributed by atoms with E-state index in [9.17, 15) is 9.59 Å². The number of fused-ring (bicyclic) bond motifs is 1. The van der Waals surface area contributed by atoms with E-state index in [1.54, 1.807) is 35.9 Å². The number of hydrogen-bond donors (Lipinski definition) is 1. The predicted octanol–water partition coefficient (Wildman–Crippen LogP) is 4.57. The molecule has 3 heterocycles. The fourth-order valence-electron chi connectivity index (χ4n) is 3.10. The molecular weight excluding hydrogens is 352 g/mol. The van der Waals surface area contributed by atoms with Gasteiger partial charge in [0.15, 0.2) is 0 Å². The first kappa shape index (κ1) is 16.2. The van der Waals surface area contributed by atoms with Crippen LogP contribution in [0.25, 0.3) is 0 Å². The van der Waals surface area contributed by atoms with Gasteiger partial charge in [-0.3, -0.25) is 14.6 Å². The number of rotatable bonds is 4. The Kier molecular flexibility index (Phi) is 4.46. The fourth-order valence-corrected chi connectivity index (χ4v) is 5.06. The first-order valence-electron chi connectivity index (χ1n) is 8.18. The standard InChI is InChI=1S/C19H16N2O2S2/c22-17(15-6-3-11-24-15)16-13-4-1-2-5-14(13)25-19(16)21-18(23)12-7-9-20-10-8-12/h3,6-11H,1-2,4-5H2,(H,21,23). The lowest BCUT2D eigenvalue weighted by atomic mass is 9.93. The summed E-state index contributed by atoms with van der Waals surface area (Å²) in [5.41, 5.74) is 2.35. The van der Waals surface area contributed by atoms with Gasteiger partial charge in [-0.15, -0.1) is 22.7 Å². The molecule has 4 rings (SSSR count). The normalized spacial score (nSPS) is 13.3. The number of thiophene rings is 2. The average Bonchev–Trinajstić information content (AvgIpc) is 3.29. The zero-order chi connectivity index (χ0) is 17.2. The van der Waals surface area contributed by atoms with Gasteiger partial charge in [-0.1, -0.05) is 6.07 Å². The molecule has 126 valence electrons. The van der Waals surface area contributed by atoms with Crippen LogP contribution in [0, 0.1) is 0 Å². The largest absolute Gasteiger partial charge is 0.313 e. The van der Waals surface area contributed by atoms with E-state index in [1.807, 2.05) is 17.5 Å². The first-order chi connectivity index (χ1) is 12.2. The number of aromatic nitrogens is 1. The minimum Gasteiger partial charge on any atom is -0.313 e. The maximum atomic E-state index is 13.0. The number of ketones is 1. The summed E-state index contributed by atoms with van der Waals surface area (Å²) in [6.45, 7) is 0. The zero-order valence-electron chi connectivity index (χ0n) is 13.5. The van der Waals surface area contributed by atoms with Crippen LogP contribution in [-0.4, -0.2) is 16.7 Å². The summed E-state index contributed by atoms with van der Waals surface area (Å²) in [4.78, 5) is 31.5. The van der Waals surface area contributed by atoms with Crippen molar-refractivity contribution in [3.8, 4) is 0 Å². The maximum Gasteiger partial charge on any atom is 0.256 e. The van der Waals surface area contributed by atoms with Crippen LogP contribution in [0.1, 0.15) is 48.9 Å². The van der Waals surface area contributed by atoms with Gasteiger partial charge in [0.25, 0.3) is 5.91 Å². The molecule has 0 spiro atoms. The van der Waals surface area contributed by atoms with Crippen molar-refractivity contribution >= 4 is 39.4 Å². The van der Waals surface area contributed by atoms with Crippen molar-refractivity contribution in [2.75, 3.05) is 5.32 Å². The highest BCUT2D eigenvalue weighted by atomic mass is 32.1. The molecule has 4 nitrogen and oxygen atoms in total. The Labute approximate surface area is 153 Å². The molecule has 0 bridgehead atoms. The van der Waals surface area contributed by atoms with Gasteiger partial charge in [0, 0.05) is 22.8 Å². The Balaban J connectivity index is 1.73. The molecule has 0 fully saturated rings. The van der Waals surface area contributed by atoms with Gasteiger partial charge in [0.2, 0.25) is 5.78 Å². The summed E-state index contributed by atoms with van der Waals surface area (Å²) >= 11 is 2.98. The number of hydrogen-bond acceptors (Lipinski definition) is 5. The van der Waals surface area contributed by atoms with Crippen LogP contribution in [0.2, 0.25) is 0 Å². The first-order valence-corrected chi connectivity index (χ1v) is 9.88. The van der Waals surface area contributed by atoms with Crippen LogP contribution in [0.3, 0.4) is 0 Å². The van der Waals surface area contributed by atoms with Gasteiger partial charge in [0.1, 0.15) is 5.00 Å². The third-order valence-corrected chi connectivity index (χ3v) is 6.39. The molecule has 0 saturated heterocycles. The molecule has 0 aliphatic heterocycles. The van der Waals surface area contributed by atoms with Crippen molar-refractivity contribution in [3.63, 3.8) is 0 Å². The third-order valence-electron chi connectivity index (χ3n) is 4.31. The molecule has 0 atom stereocenters. The number of aryl methyl sites for hydroxylation is 1. The smallest absolute Gasteiger partial charge is 0.256 e. The highest BCUT2D eigenvalue weighted by Crippen LogP contribution is 2.40. The molecule has 6 heteroatoms. The summed E-state index contributed by atoms with van der Waals surface area (Å²) in [6.07, 6.45) is 7.29. The molecule has 25 heavy (non-hydrogen) atoms. The zero-order valence-corrected chi connectivity index (χ0v) is 15.1. The van der Waals surface area contributed by atoms with E-state index < -0.39 is 0 Å². The molecule has 0 radical (unpaired) electrons. The van der Waals surface area contributed by atoms with E-state index in [4.69, 9.17) is 0 Å². The van der Waals surface area contributed by atoms with E-state index >= 15 is 0 Å². The van der Waals surface area contributed by atoms with E-state index in [0.29, 0.717) is 21.0 Å². The molecule has 1 amide bonds. The van der Waals surface area contributed by atoms with Crippen molar-refractivity contribution in [2.24, 2.45) is 0 Å². The Morgan fingerprint density at radius 3 is 2.64 bits per heavy atom. The lowest BCUT2D eigenvalue weighted by Crippen LogP contribution is -2.14. The number of amides is 1. The minimum absolute atomic E-state index is 0.0134. The topological polar surface area (TPSA) is 59.1 Å². The summed E-state index contributed by atoms with van der Waals surface area (Å²) in [5, 5.41) is 5.54. The maximum absolute atomic E-state index is 13.0. The van der Waals surface area contributed by atoms with Crippen LogP contribution in [0.4, 0.5) is 5.00 Å². The highest BCUT2D eigenvalue weighted by Gasteiger charge is 2.27. The molecule has 1 aliphatic carbocycles.